The zero-order valence-corrected chi connectivity index (χ0v) is 9.53. The molecule has 0 aliphatic heterocycles. The van der Waals surface area contributed by atoms with Gasteiger partial charge in [-0.25, -0.2) is 4.39 Å². The summed E-state index contributed by atoms with van der Waals surface area (Å²) in [6, 6.07) is 4.64. The molecule has 0 unspecified atom stereocenters. The second-order valence-electron chi connectivity index (χ2n) is 3.50. The van der Waals surface area contributed by atoms with Crippen molar-refractivity contribution in [3.63, 3.8) is 0 Å². The van der Waals surface area contributed by atoms with Crippen molar-refractivity contribution in [1.29, 1.82) is 0 Å². The first-order chi connectivity index (χ1) is 6.63. The molecule has 0 bridgehead atoms. The minimum absolute atomic E-state index is 0.249. The molecule has 0 N–H and O–H groups in total. The van der Waals surface area contributed by atoms with E-state index in [-0.39, 0.29) is 5.82 Å². The first kappa shape index (κ1) is 11.4. The second-order valence-corrected chi connectivity index (χ2v) is 4.35. The number of hydrogen-bond donors (Lipinski definition) is 0. The van der Waals surface area contributed by atoms with E-state index in [4.69, 9.17) is 4.74 Å². The summed E-state index contributed by atoms with van der Waals surface area (Å²) in [5, 5.41) is 0. The van der Waals surface area contributed by atoms with Crippen LogP contribution < -0.4 is 4.74 Å². The van der Waals surface area contributed by atoms with Crippen molar-refractivity contribution in [3.8, 4) is 5.75 Å². The van der Waals surface area contributed by atoms with Gasteiger partial charge in [-0.15, -0.1) is 11.8 Å². The fourth-order valence-electron chi connectivity index (χ4n) is 1.02. The van der Waals surface area contributed by atoms with Gasteiger partial charge in [-0.1, -0.05) is 13.8 Å². The molecule has 0 aromatic heterocycles. The van der Waals surface area contributed by atoms with Gasteiger partial charge in [0.05, 0.1) is 6.61 Å². The maximum absolute atomic E-state index is 12.9. The molecule has 1 aromatic rings. The van der Waals surface area contributed by atoms with E-state index in [9.17, 15) is 4.39 Å². The zero-order chi connectivity index (χ0) is 10.6. The van der Waals surface area contributed by atoms with Crippen LogP contribution in [0.15, 0.2) is 23.1 Å². The van der Waals surface area contributed by atoms with Crippen LogP contribution in [0.5, 0.6) is 5.75 Å². The average Bonchev–Trinajstić information content (AvgIpc) is 2.15. The quantitative estimate of drug-likeness (QED) is 0.708. The summed E-state index contributed by atoms with van der Waals surface area (Å²) < 4.78 is 18.4. The van der Waals surface area contributed by atoms with Gasteiger partial charge in [0.1, 0.15) is 11.6 Å². The van der Waals surface area contributed by atoms with E-state index in [1.165, 1.54) is 12.1 Å². The highest BCUT2D eigenvalue weighted by molar-refractivity contribution is 7.98. The maximum atomic E-state index is 12.9. The Morgan fingerprint density at radius 3 is 2.71 bits per heavy atom. The number of ether oxygens (including phenoxy) is 1. The van der Waals surface area contributed by atoms with Gasteiger partial charge < -0.3 is 4.74 Å². The summed E-state index contributed by atoms with van der Waals surface area (Å²) in [6.45, 7) is 4.76. The van der Waals surface area contributed by atoms with Crippen LogP contribution in [0.2, 0.25) is 0 Å². The van der Waals surface area contributed by atoms with E-state index in [2.05, 4.69) is 13.8 Å². The van der Waals surface area contributed by atoms with Gasteiger partial charge in [0.15, 0.2) is 0 Å². The fourth-order valence-corrected chi connectivity index (χ4v) is 1.54. The largest absolute Gasteiger partial charge is 0.492 e. The van der Waals surface area contributed by atoms with Gasteiger partial charge in [-0.3, -0.25) is 0 Å². The molecule has 0 aliphatic rings. The molecule has 0 aliphatic carbocycles. The van der Waals surface area contributed by atoms with E-state index in [1.54, 1.807) is 17.8 Å². The Morgan fingerprint density at radius 2 is 2.14 bits per heavy atom. The first-order valence-corrected chi connectivity index (χ1v) is 5.82. The fraction of sp³-hybridized carbons (Fsp3) is 0.455. The van der Waals surface area contributed by atoms with E-state index < -0.39 is 0 Å². The maximum Gasteiger partial charge on any atom is 0.135 e. The lowest BCUT2D eigenvalue weighted by molar-refractivity contribution is 0.264. The van der Waals surface area contributed by atoms with E-state index >= 15 is 0 Å². The van der Waals surface area contributed by atoms with Crippen LogP contribution in [-0.4, -0.2) is 12.9 Å². The van der Waals surface area contributed by atoms with Gasteiger partial charge in [-0.05, 0) is 24.3 Å². The van der Waals surface area contributed by atoms with E-state index in [0.29, 0.717) is 18.3 Å². The number of rotatable bonds is 4. The summed E-state index contributed by atoms with van der Waals surface area (Å²) in [4.78, 5) is 0.979. The first-order valence-electron chi connectivity index (χ1n) is 4.60. The molecule has 0 heterocycles. The van der Waals surface area contributed by atoms with Crippen molar-refractivity contribution < 1.29 is 9.13 Å². The van der Waals surface area contributed by atoms with Crippen molar-refractivity contribution in [2.45, 2.75) is 18.7 Å². The predicted octanol–water partition coefficient (Wildman–Crippen LogP) is 3.58. The van der Waals surface area contributed by atoms with Crippen LogP contribution in [0.4, 0.5) is 4.39 Å². The third-order valence-electron chi connectivity index (χ3n) is 1.70. The van der Waals surface area contributed by atoms with Crippen LogP contribution in [0.3, 0.4) is 0 Å². The Bertz CT molecular complexity index is 299. The Kier molecular flexibility index (Phi) is 4.26. The molecule has 0 amide bonds. The minimum atomic E-state index is -0.249. The molecule has 14 heavy (non-hydrogen) atoms. The lowest BCUT2D eigenvalue weighted by Gasteiger charge is -2.11. The minimum Gasteiger partial charge on any atom is -0.492 e. The smallest absolute Gasteiger partial charge is 0.135 e. The Labute approximate surface area is 88.7 Å². The Morgan fingerprint density at radius 1 is 1.43 bits per heavy atom. The molecule has 3 heteroatoms. The molecule has 0 atom stereocenters. The number of benzene rings is 1. The van der Waals surface area contributed by atoms with Crippen molar-refractivity contribution >= 4 is 11.8 Å². The SMILES string of the molecule is CSc1ccc(F)cc1OCC(C)C. The van der Waals surface area contributed by atoms with Crippen LogP contribution in [-0.2, 0) is 0 Å². The molecular weight excluding hydrogens is 199 g/mol. The molecule has 0 fully saturated rings. The molecule has 0 saturated heterocycles. The summed E-state index contributed by atoms with van der Waals surface area (Å²) >= 11 is 1.56. The van der Waals surface area contributed by atoms with Gasteiger partial charge in [0, 0.05) is 11.0 Å². The van der Waals surface area contributed by atoms with Crippen LogP contribution in [0, 0.1) is 11.7 Å². The van der Waals surface area contributed by atoms with Crippen molar-refractivity contribution in [1.82, 2.24) is 0 Å². The van der Waals surface area contributed by atoms with Crippen molar-refractivity contribution in [3.05, 3.63) is 24.0 Å². The topological polar surface area (TPSA) is 9.23 Å². The third-order valence-corrected chi connectivity index (χ3v) is 2.47. The normalized spacial score (nSPS) is 10.6. The lowest BCUT2D eigenvalue weighted by atomic mass is 10.2. The highest BCUT2D eigenvalue weighted by atomic mass is 32.2. The Balaban J connectivity index is 2.77. The summed E-state index contributed by atoms with van der Waals surface area (Å²) in [5.41, 5.74) is 0. The lowest BCUT2D eigenvalue weighted by Crippen LogP contribution is -2.05. The number of hydrogen-bond acceptors (Lipinski definition) is 2. The molecule has 1 rings (SSSR count). The van der Waals surface area contributed by atoms with Crippen LogP contribution >= 0.6 is 11.8 Å². The van der Waals surface area contributed by atoms with Crippen molar-refractivity contribution in [2.75, 3.05) is 12.9 Å². The third kappa shape index (κ3) is 3.22. The standard InChI is InChI=1S/C11H15FOS/c1-8(2)7-13-10-6-9(12)4-5-11(10)14-3/h4-6,8H,7H2,1-3H3. The van der Waals surface area contributed by atoms with Gasteiger partial charge >= 0.3 is 0 Å². The summed E-state index contributed by atoms with van der Waals surface area (Å²) in [6.07, 6.45) is 1.95. The van der Waals surface area contributed by atoms with Crippen LogP contribution in [0.1, 0.15) is 13.8 Å². The second kappa shape index (κ2) is 5.25. The van der Waals surface area contributed by atoms with Gasteiger partial charge in [0.2, 0.25) is 0 Å². The highest BCUT2D eigenvalue weighted by Gasteiger charge is 2.05. The van der Waals surface area contributed by atoms with E-state index in [0.717, 1.165) is 4.90 Å². The number of thioether (sulfide) groups is 1. The summed E-state index contributed by atoms with van der Waals surface area (Å²) in [5.74, 6) is 0.848. The monoisotopic (exact) mass is 214 g/mol. The van der Waals surface area contributed by atoms with Crippen molar-refractivity contribution in [2.24, 2.45) is 5.92 Å². The highest BCUT2D eigenvalue weighted by Crippen LogP contribution is 2.28. The predicted molar refractivity (Wildman–Crippen MR) is 58.5 cm³/mol. The summed E-state index contributed by atoms with van der Waals surface area (Å²) in [7, 11) is 0. The Hall–Kier alpha value is -0.700. The van der Waals surface area contributed by atoms with Gasteiger partial charge in [0.25, 0.3) is 0 Å². The molecule has 1 aromatic carbocycles. The molecule has 0 radical (unpaired) electrons. The molecule has 0 saturated carbocycles. The molecular formula is C11H15FOS. The zero-order valence-electron chi connectivity index (χ0n) is 8.71. The molecule has 78 valence electrons. The average molecular weight is 214 g/mol. The van der Waals surface area contributed by atoms with E-state index in [1.807, 2.05) is 6.26 Å². The number of halogens is 1. The molecule has 0 spiro atoms. The van der Waals surface area contributed by atoms with Gasteiger partial charge in [-0.2, -0.15) is 0 Å². The van der Waals surface area contributed by atoms with Crippen LogP contribution in [0.25, 0.3) is 0 Å². The molecule has 1 nitrogen and oxygen atoms in total.